The van der Waals surface area contributed by atoms with E-state index in [2.05, 4.69) is 17.1 Å². The van der Waals surface area contributed by atoms with Gasteiger partial charge in [0.1, 0.15) is 5.82 Å². The maximum Gasteiger partial charge on any atom is 0.135 e. The first kappa shape index (κ1) is 26.1. The Kier molecular flexibility index (Phi) is 6.84. The quantitative estimate of drug-likeness (QED) is 0.142. The van der Waals surface area contributed by atoms with E-state index in [9.17, 15) is 1.37 Å². The largest absolute Gasteiger partial charge is 0.509 e. The Labute approximate surface area is 428 Å². The molecule has 0 saturated heterocycles. The molecule has 0 amide bonds. The third kappa shape index (κ3) is 7.88. The molecule has 0 N–H and O–H groups in total. The second-order valence-corrected chi connectivity index (χ2v) is 16.4. The van der Waals surface area contributed by atoms with Crippen LogP contribution in [0.25, 0.3) is 61.0 Å². The van der Waals surface area contributed by atoms with Crippen molar-refractivity contribution in [3.8, 4) is 50.7 Å². The van der Waals surface area contributed by atoms with Gasteiger partial charge in [0, 0.05) is 80.7 Å². The molecule has 2 aromatic heterocycles. The van der Waals surface area contributed by atoms with E-state index in [0.717, 1.165) is 6.07 Å². The summed E-state index contributed by atoms with van der Waals surface area (Å²) in [6.07, 6.45) is -0.367. The van der Waals surface area contributed by atoms with Gasteiger partial charge in [0.15, 0.2) is 0 Å². The fourth-order valence-electron chi connectivity index (χ4n) is 8.18. The van der Waals surface area contributed by atoms with Gasteiger partial charge in [-0.1, -0.05) is 159 Å². The Morgan fingerprint density at radius 1 is 0.621 bits per heavy atom. The van der Waals surface area contributed by atoms with Gasteiger partial charge in [0.2, 0.25) is 0 Å². The van der Waals surface area contributed by atoms with Crippen LogP contribution < -0.4 is 14.5 Å². The van der Waals surface area contributed by atoms with Crippen LogP contribution in [-0.2, 0) is 26.5 Å². The summed E-state index contributed by atoms with van der Waals surface area (Å²) in [5.41, 5.74) is 2.30. The number of rotatable bonds is 8. The van der Waals surface area contributed by atoms with Crippen molar-refractivity contribution in [2.24, 2.45) is 0 Å². The van der Waals surface area contributed by atoms with E-state index >= 15 is 0 Å². The Balaban J connectivity index is 0.00000803. The van der Waals surface area contributed by atoms with Crippen molar-refractivity contribution in [2.75, 3.05) is 9.80 Å². The standard InChI is InChI=1S/C60H47N4O.Pt/c1-40-32-41(2)34-45(33-40)51-23-15-22-50(43-18-10-7-11-19-43)59(51)63-39-62(55-24-12-13-25-56(55)63)47-20-14-21-48(37-47)65-49-27-28-52-53-35-44(42-16-8-6-9-17-42)26-29-54(53)64(57(52)38-49)58-36-46(30-31-61-58)60(3,4)5;/h6-36,39H,1-5H3;/q-3;/i1D3,2D3,6D,7D,8D,9D,10D,11D,16D,17D,18D,19D,30D,31D,36D;. The number of hydrogen-bond acceptors (Lipinski definition) is 4. The monoisotopic (exact) mass is 1050 g/mol. The zero-order chi connectivity index (χ0) is 60.5. The summed E-state index contributed by atoms with van der Waals surface area (Å²) in [4.78, 5) is 7.99. The van der Waals surface area contributed by atoms with E-state index in [1.165, 1.54) is 12.1 Å². The van der Waals surface area contributed by atoms with Crippen molar-refractivity contribution in [2.45, 2.75) is 39.9 Å². The van der Waals surface area contributed by atoms with Gasteiger partial charge in [-0.2, -0.15) is 12.1 Å². The molecule has 11 rings (SSSR count). The number of anilines is 4. The van der Waals surface area contributed by atoms with Gasteiger partial charge >= 0.3 is 0 Å². The number of fused-ring (bicyclic) bond motifs is 4. The summed E-state index contributed by atoms with van der Waals surface area (Å²) >= 11 is 0. The molecular formula is C60H47N4OPt-3. The Morgan fingerprint density at radius 3 is 2.03 bits per heavy atom. The Hall–Kier alpha value is -7.20. The van der Waals surface area contributed by atoms with Gasteiger partial charge in [-0.05, 0) is 82.6 Å². The zero-order valence-corrected chi connectivity index (χ0v) is 37.8. The van der Waals surface area contributed by atoms with Gasteiger partial charge in [0.25, 0.3) is 0 Å². The predicted octanol–water partition coefficient (Wildman–Crippen LogP) is 15.9. The van der Waals surface area contributed by atoms with E-state index in [4.69, 9.17) is 29.4 Å². The maximum atomic E-state index is 9.51. The predicted molar refractivity (Wildman–Crippen MR) is 269 cm³/mol. The SMILES string of the molecule is [2H]c1nc(-n2c3[c-]c(Oc4[c-]c(N5[CH-]N(c6c(-c7cc(C([2H])([2H])[2H])cc(C([2H])([2H])[2H])c7)cccc6-c6c([2H])c([2H])c([2H])c([2H])c6[2H])c6ccccc65)ccc4)ccc3c3cc(-c4c([2H])c([2H])c([2H])c([2H])c4[2H])ccc32)c([2H])c(C(C)(C)C)c1[2H].[Pt]. The van der Waals surface area contributed by atoms with E-state index < -0.39 is 79.5 Å². The van der Waals surface area contributed by atoms with E-state index in [1.807, 2.05) is 26.8 Å². The molecule has 0 aliphatic carbocycles. The molecule has 0 bridgehead atoms. The van der Waals surface area contributed by atoms with Gasteiger partial charge in [-0.15, -0.1) is 48.1 Å². The number of aryl methyl sites for hydroxylation is 2. The molecule has 5 nitrogen and oxygen atoms in total. The average molecular weight is 1050 g/mol. The van der Waals surface area contributed by atoms with Crippen LogP contribution >= 0.6 is 0 Å². The minimum Gasteiger partial charge on any atom is -0.509 e. The molecule has 0 radical (unpaired) electrons. The second kappa shape index (κ2) is 17.3. The number of aromatic nitrogens is 2. The van der Waals surface area contributed by atoms with Gasteiger partial charge in [0.05, 0.1) is 17.8 Å². The zero-order valence-electron chi connectivity index (χ0n) is 54.5. The van der Waals surface area contributed by atoms with Crippen molar-refractivity contribution in [3.05, 3.63) is 223 Å². The molecule has 3 heterocycles. The second-order valence-electron chi connectivity index (χ2n) is 16.4. The summed E-state index contributed by atoms with van der Waals surface area (Å²) in [7, 11) is 0. The first-order valence-corrected chi connectivity index (χ1v) is 20.6. The summed E-state index contributed by atoms with van der Waals surface area (Å²) in [6.45, 7) is 1.72. The third-order valence-electron chi connectivity index (χ3n) is 11.1. The van der Waals surface area contributed by atoms with E-state index in [0.29, 0.717) is 44.4 Å². The molecule has 326 valence electrons. The fourth-order valence-corrected chi connectivity index (χ4v) is 8.18. The third-order valence-corrected chi connectivity index (χ3v) is 11.1. The first-order chi connectivity index (χ1) is 39.5. The van der Waals surface area contributed by atoms with Crippen LogP contribution in [0.15, 0.2) is 188 Å². The number of benzene rings is 8. The minimum atomic E-state index is -2.74. The fraction of sp³-hybridized carbons (Fsp3) is 0.100. The topological polar surface area (TPSA) is 33.5 Å². The van der Waals surface area contributed by atoms with Crippen molar-refractivity contribution >= 4 is 44.6 Å². The van der Waals surface area contributed by atoms with Gasteiger partial charge < -0.3 is 19.1 Å². The van der Waals surface area contributed by atoms with Crippen LogP contribution in [0.3, 0.4) is 0 Å². The normalized spacial score (nSPS) is 16.9. The van der Waals surface area contributed by atoms with Crippen LogP contribution in [0.1, 0.15) is 63.5 Å². The van der Waals surface area contributed by atoms with E-state index in [1.54, 1.807) is 106 Å². The Morgan fingerprint density at radius 2 is 1.30 bits per heavy atom. The minimum absolute atomic E-state index is 0. The van der Waals surface area contributed by atoms with Crippen molar-refractivity contribution in [1.82, 2.24) is 9.55 Å². The smallest absolute Gasteiger partial charge is 0.135 e. The summed E-state index contributed by atoms with van der Waals surface area (Å²) in [5, 5.41) is 1.06. The molecule has 10 aromatic rings. The van der Waals surface area contributed by atoms with Crippen molar-refractivity contribution < 1.29 is 51.8 Å². The number of hydrogen-bond donors (Lipinski definition) is 0. The van der Waals surface area contributed by atoms with E-state index in [-0.39, 0.29) is 107 Å². The summed E-state index contributed by atoms with van der Waals surface area (Å²) in [6, 6.07) is 30.6. The van der Waals surface area contributed by atoms with Crippen molar-refractivity contribution in [3.63, 3.8) is 0 Å². The first-order valence-electron chi connectivity index (χ1n) is 30.1. The molecule has 66 heavy (non-hydrogen) atoms. The molecule has 0 spiro atoms. The van der Waals surface area contributed by atoms with Crippen LogP contribution in [0.2, 0.25) is 0 Å². The maximum absolute atomic E-state index is 9.51. The number of ether oxygens (including phenoxy) is 1. The van der Waals surface area contributed by atoms with Crippen LogP contribution in [0.5, 0.6) is 11.5 Å². The molecule has 0 atom stereocenters. The van der Waals surface area contributed by atoms with Crippen LogP contribution in [-0.4, -0.2) is 9.55 Å². The van der Waals surface area contributed by atoms with Crippen LogP contribution in [0, 0.1) is 32.5 Å². The molecule has 6 heteroatoms. The molecular weight excluding hydrogens is 988 g/mol. The van der Waals surface area contributed by atoms with Gasteiger partial charge in [-0.25, -0.2) is 4.98 Å². The molecule has 0 fully saturated rings. The van der Waals surface area contributed by atoms with Crippen molar-refractivity contribution in [1.29, 1.82) is 0 Å². The average Bonchev–Trinajstić information content (AvgIpc) is 1.78. The number of pyridine rings is 1. The summed E-state index contributed by atoms with van der Waals surface area (Å²) in [5.74, 6) is 0.376. The molecule has 0 unspecified atom stereocenters. The molecule has 1 aliphatic rings. The molecule has 1 aliphatic heterocycles. The molecule has 0 saturated carbocycles. The summed E-state index contributed by atoms with van der Waals surface area (Å²) < 4.78 is 172. The van der Waals surface area contributed by atoms with Gasteiger partial charge in [-0.3, -0.25) is 0 Å². The molecule has 8 aromatic carbocycles. The van der Waals surface area contributed by atoms with Crippen LogP contribution in [0.4, 0.5) is 22.7 Å². The Bertz CT molecular complexity index is 4330. The number of nitrogens with zero attached hydrogens (tertiary/aromatic N) is 4. The number of para-hydroxylation sites is 3.